The van der Waals surface area contributed by atoms with Crippen molar-refractivity contribution in [1.82, 2.24) is 30.0 Å². The van der Waals surface area contributed by atoms with Gasteiger partial charge in [-0.25, -0.2) is 4.98 Å². The Morgan fingerprint density at radius 3 is 2.53 bits per heavy atom. The van der Waals surface area contributed by atoms with Crippen molar-refractivity contribution in [2.75, 3.05) is 43.4 Å². The molecule has 2 aliphatic rings. The number of halogens is 1. The van der Waals surface area contributed by atoms with Crippen molar-refractivity contribution in [2.24, 2.45) is 0 Å². The number of carbonyl (C=O) groups is 1. The Kier molecular flexibility index (Phi) is 8.14. The van der Waals surface area contributed by atoms with Gasteiger partial charge in [0, 0.05) is 43.5 Å². The molecule has 0 spiro atoms. The first-order chi connectivity index (χ1) is 18.4. The van der Waals surface area contributed by atoms with Crippen LogP contribution in [0.25, 0.3) is 0 Å². The topological polar surface area (TPSA) is 102 Å². The molecular weight excluding hydrogens is 500 g/mol. The second kappa shape index (κ2) is 11.7. The maximum atomic E-state index is 12.4. The number of nitrogens with one attached hydrogen (secondary N) is 3. The smallest absolute Gasteiger partial charge is 0.229 e. The van der Waals surface area contributed by atoms with Gasteiger partial charge in [0.2, 0.25) is 11.9 Å². The van der Waals surface area contributed by atoms with Crippen LogP contribution in [-0.4, -0.2) is 68.6 Å². The minimum absolute atomic E-state index is 0.322. The largest absolute Gasteiger partial charge is 0.343 e. The van der Waals surface area contributed by atoms with Crippen LogP contribution in [0.2, 0.25) is 5.02 Å². The molecule has 0 aliphatic carbocycles. The fourth-order valence-corrected chi connectivity index (χ4v) is 5.64. The van der Waals surface area contributed by atoms with E-state index in [1.54, 1.807) is 6.20 Å². The van der Waals surface area contributed by atoms with Crippen molar-refractivity contribution in [3.63, 3.8) is 0 Å². The van der Waals surface area contributed by atoms with E-state index in [0.29, 0.717) is 40.9 Å². The SMILES string of the molecule is Cc1cc(Nc2nc(Nc3cc(C)c(C4CCN(CCC(=O)N5CCCC5)CC4)cc3C)ncc2Cl)n[nH]1. The minimum atomic E-state index is 0.322. The number of benzene rings is 1. The molecule has 9 nitrogen and oxygen atoms in total. The number of hydrogen-bond acceptors (Lipinski definition) is 7. The zero-order valence-electron chi connectivity index (χ0n) is 22.5. The summed E-state index contributed by atoms with van der Waals surface area (Å²) >= 11 is 6.32. The average molecular weight is 537 g/mol. The van der Waals surface area contributed by atoms with Crippen LogP contribution in [0.1, 0.15) is 60.4 Å². The number of anilines is 4. The Morgan fingerprint density at radius 1 is 1.05 bits per heavy atom. The van der Waals surface area contributed by atoms with E-state index in [1.165, 1.54) is 11.1 Å². The summed E-state index contributed by atoms with van der Waals surface area (Å²) in [4.78, 5) is 25.8. The molecule has 1 amide bonds. The molecule has 5 rings (SSSR count). The number of aromatic nitrogens is 4. The predicted molar refractivity (Wildman–Crippen MR) is 152 cm³/mol. The highest BCUT2D eigenvalue weighted by Crippen LogP contribution is 2.34. The zero-order chi connectivity index (χ0) is 26.6. The summed E-state index contributed by atoms with van der Waals surface area (Å²) < 4.78 is 0. The first kappa shape index (κ1) is 26.4. The Labute approximate surface area is 229 Å². The summed E-state index contributed by atoms with van der Waals surface area (Å²) in [7, 11) is 0. The molecule has 2 aliphatic heterocycles. The molecule has 0 saturated carbocycles. The first-order valence-electron chi connectivity index (χ1n) is 13.6. The van der Waals surface area contributed by atoms with Crippen LogP contribution in [0.15, 0.2) is 24.4 Å². The maximum Gasteiger partial charge on any atom is 0.229 e. The van der Waals surface area contributed by atoms with Crippen molar-refractivity contribution in [1.29, 1.82) is 0 Å². The van der Waals surface area contributed by atoms with Gasteiger partial charge in [-0.3, -0.25) is 9.89 Å². The van der Waals surface area contributed by atoms with Crippen molar-refractivity contribution in [3.05, 3.63) is 51.8 Å². The maximum absolute atomic E-state index is 12.4. The van der Waals surface area contributed by atoms with Crippen molar-refractivity contribution in [2.45, 2.75) is 58.8 Å². The van der Waals surface area contributed by atoms with Crippen molar-refractivity contribution in [3.8, 4) is 0 Å². The van der Waals surface area contributed by atoms with E-state index in [0.717, 1.165) is 75.4 Å². The first-order valence-corrected chi connectivity index (χ1v) is 13.9. The molecule has 2 fully saturated rings. The standard InChI is InChI=1S/C28H37ClN8O/c1-18-15-24(31-28-30-17-23(29)27(33-28)32-25-16-20(3)34-35-25)19(2)14-22(18)21-6-11-36(12-7-21)13-8-26(38)37-9-4-5-10-37/h14-17,21H,4-13H2,1-3H3,(H3,30,31,32,33,34,35). The summed E-state index contributed by atoms with van der Waals surface area (Å²) in [5, 5.41) is 14.0. The second-order valence-electron chi connectivity index (χ2n) is 10.6. The van der Waals surface area contributed by atoms with E-state index in [2.05, 4.69) is 61.7 Å². The lowest BCUT2D eigenvalue weighted by Gasteiger charge is -2.33. The number of hydrogen-bond donors (Lipinski definition) is 3. The van der Waals surface area contributed by atoms with Gasteiger partial charge in [0.1, 0.15) is 5.02 Å². The van der Waals surface area contributed by atoms with E-state index in [-0.39, 0.29) is 0 Å². The molecule has 2 aromatic heterocycles. The Morgan fingerprint density at radius 2 is 1.82 bits per heavy atom. The molecule has 10 heteroatoms. The van der Waals surface area contributed by atoms with E-state index in [4.69, 9.17) is 11.6 Å². The Hall–Kier alpha value is -3.17. The van der Waals surface area contributed by atoms with Crippen molar-refractivity contribution >= 4 is 40.8 Å². The molecule has 3 aromatic rings. The molecule has 4 heterocycles. The third kappa shape index (κ3) is 6.27. The normalized spacial score (nSPS) is 16.7. The van der Waals surface area contributed by atoms with Crippen molar-refractivity contribution < 1.29 is 4.79 Å². The highest BCUT2D eigenvalue weighted by atomic mass is 35.5. The highest BCUT2D eigenvalue weighted by Gasteiger charge is 2.24. The molecule has 38 heavy (non-hydrogen) atoms. The van der Waals surface area contributed by atoms with Gasteiger partial charge in [-0.05, 0) is 88.2 Å². The van der Waals surface area contributed by atoms with E-state index in [1.807, 2.05) is 17.9 Å². The van der Waals surface area contributed by atoms with Crippen LogP contribution in [0.3, 0.4) is 0 Å². The fraction of sp³-hybridized carbons (Fsp3) is 0.500. The second-order valence-corrected chi connectivity index (χ2v) is 11.0. The quantitative estimate of drug-likeness (QED) is 0.351. The summed E-state index contributed by atoms with van der Waals surface area (Å²) in [6.07, 6.45) is 6.78. The van der Waals surface area contributed by atoms with Gasteiger partial charge >= 0.3 is 0 Å². The number of aryl methyl sites for hydroxylation is 3. The lowest BCUT2D eigenvalue weighted by atomic mass is 9.85. The van der Waals surface area contributed by atoms with Gasteiger partial charge in [-0.15, -0.1) is 0 Å². The third-order valence-electron chi connectivity index (χ3n) is 7.68. The number of nitrogens with zero attached hydrogens (tertiary/aromatic N) is 5. The number of piperidine rings is 1. The number of rotatable bonds is 8. The Bertz CT molecular complexity index is 1280. The predicted octanol–water partition coefficient (Wildman–Crippen LogP) is 5.46. The van der Waals surface area contributed by atoms with Gasteiger partial charge in [-0.2, -0.15) is 10.1 Å². The van der Waals surface area contributed by atoms with Gasteiger partial charge in [0.15, 0.2) is 11.6 Å². The number of aromatic amines is 1. The van der Waals surface area contributed by atoms with Crippen LogP contribution >= 0.6 is 11.6 Å². The van der Waals surface area contributed by atoms with Crippen LogP contribution in [0, 0.1) is 20.8 Å². The van der Waals surface area contributed by atoms with E-state index in [9.17, 15) is 4.79 Å². The van der Waals surface area contributed by atoms with Crippen LogP contribution in [-0.2, 0) is 4.79 Å². The highest BCUT2D eigenvalue weighted by molar-refractivity contribution is 6.32. The molecule has 202 valence electrons. The Balaban J connectivity index is 1.19. The molecule has 3 N–H and O–H groups in total. The van der Waals surface area contributed by atoms with Gasteiger partial charge in [0.25, 0.3) is 0 Å². The monoisotopic (exact) mass is 536 g/mol. The summed E-state index contributed by atoms with van der Waals surface area (Å²) in [5.74, 6) is 2.47. The van der Waals surface area contributed by atoms with Crippen LogP contribution < -0.4 is 10.6 Å². The number of H-pyrrole nitrogens is 1. The van der Waals surface area contributed by atoms with E-state index >= 15 is 0 Å². The average Bonchev–Trinajstić information content (AvgIpc) is 3.59. The molecule has 0 bridgehead atoms. The molecule has 0 unspecified atom stereocenters. The van der Waals surface area contributed by atoms with E-state index < -0.39 is 0 Å². The number of carbonyl (C=O) groups excluding carboxylic acids is 1. The van der Waals surface area contributed by atoms with Gasteiger partial charge in [0.05, 0.1) is 6.20 Å². The van der Waals surface area contributed by atoms with Gasteiger partial charge < -0.3 is 20.4 Å². The molecule has 2 saturated heterocycles. The molecule has 1 aromatic carbocycles. The lowest BCUT2D eigenvalue weighted by molar-refractivity contribution is -0.130. The molecular formula is C28H37ClN8O. The minimum Gasteiger partial charge on any atom is -0.343 e. The fourth-order valence-electron chi connectivity index (χ4n) is 5.50. The summed E-state index contributed by atoms with van der Waals surface area (Å²) in [5.41, 5.74) is 5.75. The number of likely N-dealkylation sites (tertiary alicyclic amines) is 2. The molecule has 0 radical (unpaired) electrons. The lowest BCUT2D eigenvalue weighted by Crippen LogP contribution is -2.37. The zero-order valence-corrected chi connectivity index (χ0v) is 23.2. The van der Waals surface area contributed by atoms with Crippen LogP contribution in [0.5, 0.6) is 0 Å². The summed E-state index contributed by atoms with van der Waals surface area (Å²) in [6.45, 7) is 11.1. The number of amides is 1. The van der Waals surface area contributed by atoms with Crippen LogP contribution in [0.4, 0.5) is 23.3 Å². The molecule has 0 atom stereocenters. The van der Waals surface area contributed by atoms with Gasteiger partial charge in [-0.1, -0.05) is 17.7 Å². The third-order valence-corrected chi connectivity index (χ3v) is 7.96. The summed E-state index contributed by atoms with van der Waals surface area (Å²) in [6, 6.07) is 6.38.